The minimum absolute atomic E-state index is 0.0538. The highest BCUT2D eigenvalue weighted by Crippen LogP contribution is 2.18. The summed E-state index contributed by atoms with van der Waals surface area (Å²) in [4.78, 5) is 21.2. The Hall–Kier alpha value is -1.78. The smallest absolute Gasteiger partial charge is 0.317 e. The van der Waals surface area contributed by atoms with Crippen molar-refractivity contribution in [2.45, 2.75) is 52.0 Å². The van der Waals surface area contributed by atoms with Gasteiger partial charge in [0.2, 0.25) is 0 Å². The molecule has 1 N–H and O–H groups in total. The lowest BCUT2D eigenvalue weighted by Gasteiger charge is -2.31. The van der Waals surface area contributed by atoms with Gasteiger partial charge in [0.15, 0.2) is 0 Å². The molecule has 0 saturated carbocycles. The molecule has 24 heavy (non-hydrogen) atoms. The van der Waals surface area contributed by atoms with E-state index in [9.17, 15) is 4.79 Å². The van der Waals surface area contributed by atoms with Crippen molar-refractivity contribution in [3.05, 3.63) is 23.9 Å². The van der Waals surface area contributed by atoms with Crippen LogP contribution in [0.25, 0.3) is 0 Å². The quantitative estimate of drug-likeness (QED) is 0.924. The summed E-state index contributed by atoms with van der Waals surface area (Å²) in [6.07, 6.45) is 9.42. The van der Waals surface area contributed by atoms with Crippen molar-refractivity contribution in [1.82, 2.24) is 15.2 Å². The Morgan fingerprint density at radius 2 is 1.96 bits per heavy atom. The molecule has 5 heteroatoms. The maximum Gasteiger partial charge on any atom is 0.317 e. The standard InChI is InChI=1S/C19H30N4O/c1-16-7-6-12-23(15-16)19(24)21-14-17-8-9-18(20-13-17)22-10-4-2-3-5-11-22/h8-9,13,16H,2-7,10-12,14-15H2,1H3,(H,21,24). The molecule has 0 bridgehead atoms. The molecule has 132 valence electrons. The molecule has 0 aliphatic carbocycles. The second-order valence-corrected chi connectivity index (χ2v) is 7.28. The van der Waals surface area contributed by atoms with Crippen LogP contribution in [0, 0.1) is 5.92 Å². The third-order valence-electron chi connectivity index (χ3n) is 5.13. The number of pyridine rings is 1. The topological polar surface area (TPSA) is 48.5 Å². The molecule has 0 spiro atoms. The fourth-order valence-electron chi connectivity index (χ4n) is 3.67. The highest BCUT2D eigenvalue weighted by atomic mass is 16.2. The molecular formula is C19H30N4O. The van der Waals surface area contributed by atoms with Crippen LogP contribution in [0.3, 0.4) is 0 Å². The Labute approximate surface area is 145 Å². The molecule has 2 aliphatic rings. The molecule has 3 rings (SSSR count). The third kappa shape index (κ3) is 4.62. The SMILES string of the molecule is CC1CCCN(C(=O)NCc2ccc(N3CCCCCC3)nc2)C1. The van der Waals surface area contributed by atoms with Gasteiger partial charge in [-0.1, -0.05) is 25.8 Å². The summed E-state index contributed by atoms with van der Waals surface area (Å²) in [7, 11) is 0. The maximum atomic E-state index is 12.3. The number of anilines is 1. The van der Waals surface area contributed by atoms with Crippen molar-refractivity contribution in [1.29, 1.82) is 0 Å². The van der Waals surface area contributed by atoms with Gasteiger partial charge in [0.05, 0.1) is 0 Å². The first-order chi connectivity index (χ1) is 11.7. The summed E-state index contributed by atoms with van der Waals surface area (Å²) < 4.78 is 0. The molecule has 0 radical (unpaired) electrons. The van der Waals surface area contributed by atoms with Gasteiger partial charge >= 0.3 is 6.03 Å². The van der Waals surface area contributed by atoms with Crippen molar-refractivity contribution < 1.29 is 4.79 Å². The maximum absolute atomic E-state index is 12.3. The van der Waals surface area contributed by atoms with Gasteiger partial charge in [-0.2, -0.15) is 0 Å². The second-order valence-electron chi connectivity index (χ2n) is 7.28. The van der Waals surface area contributed by atoms with Crippen LogP contribution in [0.4, 0.5) is 10.6 Å². The number of nitrogens with zero attached hydrogens (tertiary/aromatic N) is 3. The molecule has 2 aliphatic heterocycles. The number of carbonyl (C=O) groups is 1. The molecule has 0 aromatic carbocycles. The Balaban J connectivity index is 1.49. The van der Waals surface area contributed by atoms with E-state index in [1.54, 1.807) is 0 Å². The van der Waals surface area contributed by atoms with Crippen LogP contribution >= 0.6 is 0 Å². The van der Waals surface area contributed by atoms with Crippen LogP contribution in [-0.4, -0.2) is 42.1 Å². The molecule has 1 unspecified atom stereocenters. The zero-order chi connectivity index (χ0) is 16.8. The van der Waals surface area contributed by atoms with E-state index in [1.165, 1.54) is 32.1 Å². The Morgan fingerprint density at radius 3 is 2.62 bits per heavy atom. The van der Waals surface area contributed by atoms with E-state index in [0.717, 1.165) is 44.0 Å². The van der Waals surface area contributed by atoms with Crippen LogP contribution in [-0.2, 0) is 6.54 Å². The Kier molecular flexibility index (Phi) is 5.94. The first-order valence-corrected chi connectivity index (χ1v) is 9.45. The van der Waals surface area contributed by atoms with Gasteiger partial charge in [0.1, 0.15) is 5.82 Å². The minimum atomic E-state index is 0.0538. The first-order valence-electron chi connectivity index (χ1n) is 9.45. The van der Waals surface area contributed by atoms with Crippen molar-refractivity contribution >= 4 is 11.8 Å². The molecular weight excluding hydrogens is 300 g/mol. The van der Waals surface area contributed by atoms with E-state index < -0.39 is 0 Å². The van der Waals surface area contributed by atoms with E-state index in [-0.39, 0.29) is 6.03 Å². The lowest BCUT2D eigenvalue weighted by molar-refractivity contribution is 0.169. The van der Waals surface area contributed by atoms with Gasteiger partial charge in [-0.3, -0.25) is 0 Å². The van der Waals surface area contributed by atoms with E-state index in [2.05, 4.69) is 34.3 Å². The van der Waals surface area contributed by atoms with E-state index in [0.29, 0.717) is 12.5 Å². The summed E-state index contributed by atoms with van der Waals surface area (Å²) in [5.74, 6) is 1.68. The van der Waals surface area contributed by atoms with Crippen LogP contribution in [0.15, 0.2) is 18.3 Å². The van der Waals surface area contributed by atoms with Gasteiger partial charge in [-0.15, -0.1) is 0 Å². The summed E-state index contributed by atoms with van der Waals surface area (Å²) >= 11 is 0. The lowest BCUT2D eigenvalue weighted by Crippen LogP contribution is -2.44. The molecule has 1 aromatic rings. The number of amides is 2. The Morgan fingerprint density at radius 1 is 1.17 bits per heavy atom. The molecule has 2 saturated heterocycles. The van der Waals surface area contributed by atoms with Crippen molar-refractivity contribution in [2.24, 2.45) is 5.92 Å². The molecule has 5 nitrogen and oxygen atoms in total. The van der Waals surface area contributed by atoms with E-state index in [1.807, 2.05) is 11.1 Å². The van der Waals surface area contributed by atoms with Crippen LogP contribution in [0.1, 0.15) is 51.0 Å². The first kappa shape index (κ1) is 17.1. The number of hydrogen-bond donors (Lipinski definition) is 1. The number of rotatable bonds is 3. The van der Waals surface area contributed by atoms with Crippen molar-refractivity contribution in [2.75, 3.05) is 31.1 Å². The van der Waals surface area contributed by atoms with Crippen LogP contribution in [0.5, 0.6) is 0 Å². The monoisotopic (exact) mass is 330 g/mol. The summed E-state index contributed by atoms with van der Waals surface area (Å²) in [5.41, 5.74) is 1.06. The zero-order valence-electron chi connectivity index (χ0n) is 14.8. The normalized spacial score (nSPS) is 22.1. The van der Waals surface area contributed by atoms with Gasteiger partial charge < -0.3 is 15.1 Å². The number of aromatic nitrogens is 1. The van der Waals surface area contributed by atoms with Gasteiger partial charge in [0.25, 0.3) is 0 Å². The number of piperidine rings is 1. The average Bonchev–Trinajstić information content (AvgIpc) is 2.89. The number of carbonyl (C=O) groups excluding carboxylic acids is 1. The lowest BCUT2D eigenvalue weighted by atomic mass is 10.0. The molecule has 1 aromatic heterocycles. The van der Waals surface area contributed by atoms with Gasteiger partial charge in [-0.25, -0.2) is 9.78 Å². The summed E-state index contributed by atoms with van der Waals surface area (Å²) in [6, 6.07) is 4.24. The molecule has 3 heterocycles. The number of hydrogen-bond acceptors (Lipinski definition) is 3. The van der Waals surface area contributed by atoms with Crippen molar-refractivity contribution in [3.8, 4) is 0 Å². The van der Waals surface area contributed by atoms with Crippen LogP contribution in [0.2, 0.25) is 0 Å². The highest BCUT2D eigenvalue weighted by Gasteiger charge is 2.20. The molecule has 2 fully saturated rings. The number of urea groups is 1. The fourth-order valence-corrected chi connectivity index (χ4v) is 3.67. The second kappa shape index (κ2) is 8.36. The number of likely N-dealkylation sites (tertiary alicyclic amines) is 1. The van der Waals surface area contributed by atoms with Gasteiger partial charge in [-0.05, 0) is 43.2 Å². The Bertz CT molecular complexity index is 523. The largest absolute Gasteiger partial charge is 0.357 e. The predicted octanol–water partition coefficient (Wildman–Crippen LogP) is 3.40. The van der Waals surface area contributed by atoms with Crippen molar-refractivity contribution in [3.63, 3.8) is 0 Å². The minimum Gasteiger partial charge on any atom is -0.357 e. The summed E-state index contributed by atoms with van der Waals surface area (Å²) in [6.45, 7) is 6.73. The fraction of sp³-hybridized carbons (Fsp3) is 0.684. The highest BCUT2D eigenvalue weighted by molar-refractivity contribution is 5.74. The van der Waals surface area contributed by atoms with E-state index in [4.69, 9.17) is 0 Å². The molecule has 2 amide bonds. The number of nitrogens with one attached hydrogen (secondary N) is 1. The zero-order valence-corrected chi connectivity index (χ0v) is 14.8. The third-order valence-corrected chi connectivity index (χ3v) is 5.13. The van der Waals surface area contributed by atoms with E-state index >= 15 is 0 Å². The average molecular weight is 330 g/mol. The predicted molar refractivity (Wildman–Crippen MR) is 97.1 cm³/mol. The van der Waals surface area contributed by atoms with Crippen LogP contribution < -0.4 is 10.2 Å². The molecule has 1 atom stereocenters. The summed E-state index contributed by atoms with van der Waals surface area (Å²) in [5, 5.41) is 3.03. The van der Waals surface area contributed by atoms with Gasteiger partial charge in [0, 0.05) is 38.9 Å².